The number of benzene rings is 1. The van der Waals surface area contributed by atoms with Crippen LogP contribution in [0.5, 0.6) is 5.75 Å². The van der Waals surface area contributed by atoms with Crippen LogP contribution in [0.3, 0.4) is 0 Å². The van der Waals surface area contributed by atoms with Crippen molar-refractivity contribution in [3.8, 4) is 5.75 Å². The minimum absolute atomic E-state index is 0.143. The molecule has 0 saturated carbocycles. The Morgan fingerprint density at radius 2 is 2.17 bits per heavy atom. The van der Waals surface area contributed by atoms with Gasteiger partial charge in [0.1, 0.15) is 12.1 Å². The van der Waals surface area contributed by atoms with E-state index in [1.54, 1.807) is 11.8 Å². The summed E-state index contributed by atoms with van der Waals surface area (Å²) in [5.41, 5.74) is 3.42. The maximum atomic E-state index is 12.6. The highest BCUT2D eigenvalue weighted by atomic mass is 16.5. The molecule has 1 aromatic carbocycles. The van der Waals surface area contributed by atoms with E-state index in [0.717, 1.165) is 49.4 Å². The molecule has 8 nitrogen and oxygen atoms in total. The van der Waals surface area contributed by atoms with Gasteiger partial charge >= 0.3 is 0 Å². The molecule has 1 aliphatic heterocycles. The molecule has 1 saturated heterocycles. The van der Waals surface area contributed by atoms with Crippen molar-refractivity contribution >= 4 is 5.91 Å². The molecule has 0 spiro atoms. The molecule has 0 radical (unpaired) electrons. The number of hydrogen-bond acceptors (Lipinski definition) is 6. The molecule has 1 fully saturated rings. The predicted molar refractivity (Wildman–Crippen MR) is 111 cm³/mol. The average molecular weight is 406 g/mol. The van der Waals surface area contributed by atoms with Crippen LogP contribution in [-0.2, 0) is 17.8 Å². The highest BCUT2D eigenvalue weighted by Crippen LogP contribution is 2.26. The van der Waals surface area contributed by atoms with Crippen molar-refractivity contribution in [1.82, 2.24) is 30.1 Å². The first-order chi connectivity index (χ1) is 14.7. The number of tetrazole rings is 1. The van der Waals surface area contributed by atoms with E-state index in [1.807, 2.05) is 29.3 Å². The number of aromatic nitrogens is 5. The number of hydrogen-bond donors (Lipinski definition) is 0. The summed E-state index contributed by atoms with van der Waals surface area (Å²) in [6.07, 6.45) is 6.76. The Morgan fingerprint density at radius 3 is 2.93 bits per heavy atom. The van der Waals surface area contributed by atoms with Crippen LogP contribution in [0.4, 0.5) is 0 Å². The summed E-state index contributed by atoms with van der Waals surface area (Å²) in [6, 6.07) is 12.3. The second kappa shape index (κ2) is 9.47. The molecule has 3 aromatic rings. The van der Waals surface area contributed by atoms with Crippen LogP contribution in [-0.4, -0.2) is 56.2 Å². The zero-order valence-corrected chi connectivity index (χ0v) is 17.1. The summed E-state index contributed by atoms with van der Waals surface area (Å²) in [7, 11) is 1.68. The minimum Gasteiger partial charge on any atom is -0.497 e. The number of likely N-dealkylation sites (tertiary alicyclic amines) is 1. The summed E-state index contributed by atoms with van der Waals surface area (Å²) >= 11 is 0. The van der Waals surface area contributed by atoms with E-state index in [4.69, 9.17) is 9.72 Å². The van der Waals surface area contributed by atoms with Gasteiger partial charge in [0, 0.05) is 37.3 Å². The first-order valence-corrected chi connectivity index (χ1v) is 10.3. The van der Waals surface area contributed by atoms with Crippen LogP contribution >= 0.6 is 0 Å². The summed E-state index contributed by atoms with van der Waals surface area (Å²) in [6.45, 7) is 2.03. The van der Waals surface area contributed by atoms with Crippen molar-refractivity contribution in [2.75, 3.05) is 20.2 Å². The summed E-state index contributed by atoms with van der Waals surface area (Å²) in [5, 5.41) is 11.0. The van der Waals surface area contributed by atoms with Crippen LogP contribution in [0.1, 0.15) is 42.0 Å². The number of carbonyl (C=O) groups excluding carboxylic acids is 1. The molecule has 156 valence electrons. The Kier molecular flexibility index (Phi) is 6.32. The van der Waals surface area contributed by atoms with Gasteiger partial charge in [0.05, 0.1) is 13.7 Å². The van der Waals surface area contributed by atoms with Gasteiger partial charge in [-0.2, -0.15) is 0 Å². The molecule has 0 bridgehead atoms. The zero-order chi connectivity index (χ0) is 20.8. The van der Waals surface area contributed by atoms with Crippen LogP contribution in [0.25, 0.3) is 0 Å². The van der Waals surface area contributed by atoms with E-state index in [9.17, 15) is 4.79 Å². The van der Waals surface area contributed by atoms with Crippen molar-refractivity contribution in [3.63, 3.8) is 0 Å². The van der Waals surface area contributed by atoms with Gasteiger partial charge in [-0.1, -0.05) is 18.2 Å². The number of amides is 1. The molecule has 2 aromatic heterocycles. The number of nitrogens with zero attached hydrogens (tertiary/aromatic N) is 6. The van der Waals surface area contributed by atoms with Crippen LogP contribution < -0.4 is 4.74 Å². The fourth-order valence-corrected chi connectivity index (χ4v) is 3.90. The smallest absolute Gasteiger partial charge is 0.224 e. The predicted octanol–water partition coefficient (Wildman–Crippen LogP) is 2.46. The Morgan fingerprint density at radius 1 is 1.23 bits per heavy atom. The molecular formula is C22H26N6O2. The molecular weight excluding hydrogens is 380 g/mol. The third kappa shape index (κ3) is 5.00. The molecule has 1 atom stereocenters. The van der Waals surface area contributed by atoms with E-state index < -0.39 is 0 Å². The molecule has 3 heterocycles. The normalized spacial score (nSPS) is 16.4. The molecule has 0 unspecified atom stereocenters. The van der Waals surface area contributed by atoms with Gasteiger partial charge in [-0.25, -0.2) is 4.68 Å². The van der Waals surface area contributed by atoms with E-state index in [-0.39, 0.29) is 11.8 Å². The molecule has 1 amide bonds. The fraction of sp³-hybridized carbons (Fsp3) is 0.409. The monoisotopic (exact) mass is 406 g/mol. The van der Waals surface area contributed by atoms with E-state index in [0.29, 0.717) is 13.0 Å². The standard InChI is InChI=1S/C22H26N6O2/c1-30-20-6-2-4-17(13-20)12-18-7-8-21(23-14-18)19-5-3-10-27(15-19)22(29)9-11-28-16-24-25-26-28/h2,4,6-8,13-14,16,19H,3,5,9-12,15H2,1H3/t19-/m1/s1. The molecule has 0 aliphatic carbocycles. The van der Waals surface area contributed by atoms with Gasteiger partial charge in [0.25, 0.3) is 0 Å². The lowest BCUT2D eigenvalue weighted by Crippen LogP contribution is -2.39. The number of aryl methyl sites for hydroxylation is 1. The quantitative estimate of drug-likeness (QED) is 0.599. The van der Waals surface area contributed by atoms with Crippen molar-refractivity contribution in [2.45, 2.75) is 38.1 Å². The minimum atomic E-state index is 0.143. The van der Waals surface area contributed by atoms with Gasteiger partial charge in [-0.15, -0.1) is 5.10 Å². The molecule has 8 heteroatoms. The van der Waals surface area contributed by atoms with E-state index in [1.165, 1.54) is 11.9 Å². The number of rotatable bonds is 7. The maximum absolute atomic E-state index is 12.6. The number of carbonyl (C=O) groups is 1. The average Bonchev–Trinajstić information content (AvgIpc) is 3.32. The third-order valence-corrected chi connectivity index (χ3v) is 5.53. The Bertz CT molecular complexity index is 958. The maximum Gasteiger partial charge on any atom is 0.224 e. The number of ether oxygens (including phenoxy) is 1. The van der Waals surface area contributed by atoms with E-state index >= 15 is 0 Å². The first-order valence-electron chi connectivity index (χ1n) is 10.3. The number of methoxy groups -OCH3 is 1. The summed E-state index contributed by atoms with van der Waals surface area (Å²) in [5.74, 6) is 1.29. The van der Waals surface area contributed by atoms with Crippen molar-refractivity contribution in [3.05, 3.63) is 65.7 Å². The molecule has 1 aliphatic rings. The Balaban J connectivity index is 1.34. The lowest BCUT2D eigenvalue weighted by molar-refractivity contribution is -0.132. The third-order valence-electron chi connectivity index (χ3n) is 5.53. The molecule has 4 rings (SSSR count). The van der Waals surface area contributed by atoms with Crippen molar-refractivity contribution in [1.29, 1.82) is 0 Å². The van der Waals surface area contributed by atoms with Gasteiger partial charge in [-0.05, 0) is 59.0 Å². The SMILES string of the molecule is COc1cccc(Cc2ccc([C@@H]3CCCN(C(=O)CCn4cnnn4)C3)nc2)c1. The van der Waals surface area contributed by atoms with Gasteiger partial charge < -0.3 is 9.64 Å². The molecule has 0 N–H and O–H groups in total. The van der Waals surface area contributed by atoms with Gasteiger partial charge in [0.15, 0.2) is 0 Å². The van der Waals surface area contributed by atoms with Crippen LogP contribution in [0, 0.1) is 0 Å². The van der Waals surface area contributed by atoms with Gasteiger partial charge in [-0.3, -0.25) is 9.78 Å². The van der Waals surface area contributed by atoms with E-state index in [2.05, 4.69) is 33.7 Å². The first kappa shape index (κ1) is 20.0. The second-order valence-corrected chi connectivity index (χ2v) is 7.62. The highest BCUT2D eigenvalue weighted by molar-refractivity contribution is 5.76. The van der Waals surface area contributed by atoms with Crippen molar-refractivity contribution in [2.24, 2.45) is 0 Å². The zero-order valence-electron chi connectivity index (χ0n) is 17.1. The number of piperidine rings is 1. The lowest BCUT2D eigenvalue weighted by Gasteiger charge is -2.32. The largest absolute Gasteiger partial charge is 0.497 e. The second-order valence-electron chi connectivity index (χ2n) is 7.62. The van der Waals surface area contributed by atoms with Crippen LogP contribution in [0.15, 0.2) is 48.9 Å². The van der Waals surface area contributed by atoms with Crippen molar-refractivity contribution < 1.29 is 9.53 Å². The fourth-order valence-electron chi connectivity index (χ4n) is 3.90. The topological polar surface area (TPSA) is 86.0 Å². The van der Waals surface area contributed by atoms with Crippen LogP contribution in [0.2, 0.25) is 0 Å². The Hall–Kier alpha value is -3.29. The van der Waals surface area contributed by atoms with Gasteiger partial charge in [0.2, 0.25) is 5.91 Å². The summed E-state index contributed by atoms with van der Waals surface area (Å²) < 4.78 is 6.89. The molecule has 30 heavy (non-hydrogen) atoms. The highest BCUT2D eigenvalue weighted by Gasteiger charge is 2.25. The lowest BCUT2D eigenvalue weighted by atomic mass is 9.93. The summed E-state index contributed by atoms with van der Waals surface area (Å²) in [4.78, 5) is 19.3. The Labute approximate surface area is 175 Å². The number of pyridine rings is 1.